The van der Waals surface area contributed by atoms with Crippen LogP contribution in [0.1, 0.15) is 34.5 Å². The Labute approximate surface area is 142 Å². The van der Waals surface area contributed by atoms with E-state index in [0.717, 1.165) is 18.9 Å². The molecule has 1 aliphatic carbocycles. The van der Waals surface area contributed by atoms with Crippen LogP contribution in [0.4, 0.5) is 19.0 Å². The van der Waals surface area contributed by atoms with Gasteiger partial charge >= 0.3 is 6.18 Å². The molecule has 0 bridgehead atoms. The molecular formula is C17H17F3N4O. The molecule has 1 fully saturated rings. The van der Waals surface area contributed by atoms with Gasteiger partial charge in [0.1, 0.15) is 5.82 Å². The fraction of sp³-hybridized carbons (Fsp3) is 0.353. The predicted molar refractivity (Wildman–Crippen MR) is 86.3 cm³/mol. The molecule has 132 valence electrons. The van der Waals surface area contributed by atoms with E-state index in [4.69, 9.17) is 0 Å². The summed E-state index contributed by atoms with van der Waals surface area (Å²) in [6.07, 6.45) is -2.73. The van der Waals surface area contributed by atoms with Gasteiger partial charge in [-0.05, 0) is 36.6 Å². The Hall–Kier alpha value is -2.64. The summed E-state index contributed by atoms with van der Waals surface area (Å²) in [6.45, 7) is 0.461. The molecule has 0 aliphatic heterocycles. The second-order valence-electron chi connectivity index (χ2n) is 6.10. The highest BCUT2D eigenvalue weighted by Crippen LogP contribution is 2.49. The summed E-state index contributed by atoms with van der Waals surface area (Å²) in [5.41, 5.74) is -0.0783. The average Bonchev–Trinajstić information content (AvgIpc) is 3.40. The summed E-state index contributed by atoms with van der Waals surface area (Å²) < 4.78 is 38.7. The van der Waals surface area contributed by atoms with Crippen molar-refractivity contribution in [1.29, 1.82) is 0 Å². The van der Waals surface area contributed by atoms with Gasteiger partial charge in [0.25, 0.3) is 5.91 Å². The lowest BCUT2D eigenvalue weighted by molar-refractivity contribution is -0.137. The van der Waals surface area contributed by atoms with E-state index in [2.05, 4.69) is 20.8 Å². The van der Waals surface area contributed by atoms with Crippen LogP contribution in [-0.2, 0) is 11.6 Å². The standard InChI is InChI=1S/C17H17F3N4O/c1-21-15(25)13-5-6-14(24-23-13)22-10-16(7-8-16)11-3-2-4-12(9-11)17(18,19)20/h2-6,9H,7-8,10H2,1H3,(H,21,25)(H,22,24). The highest BCUT2D eigenvalue weighted by Gasteiger charge is 2.45. The van der Waals surface area contributed by atoms with Crippen molar-refractivity contribution in [2.24, 2.45) is 0 Å². The van der Waals surface area contributed by atoms with Crippen LogP contribution in [0.15, 0.2) is 36.4 Å². The van der Waals surface area contributed by atoms with Crippen molar-refractivity contribution in [1.82, 2.24) is 15.5 Å². The summed E-state index contributed by atoms with van der Waals surface area (Å²) in [7, 11) is 1.50. The molecule has 0 saturated heterocycles. The van der Waals surface area contributed by atoms with Crippen molar-refractivity contribution in [3.8, 4) is 0 Å². The highest BCUT2D eigenvalue weighted by molar-refractivity contribution is 5.91. The zero-order chi connectivity index (χ0) is 18.1. The number of rotatable bonds is 5. The maximum atomic E-state index is 12.9. The molecular weight excluding hydrogens is 333 g/mol. The van der Waals surface area contributed by atoms with E-state index in [-0.39, 0.29) is 17.0 Å². The van der Waals surface area contributed by atoms with Crippen LogP contribution < -0.4 is 10.6 Å². The van der Waals surface area contributed by atoms with E-state index in [0.29, 0.717) is 17.9 Å². The summed E-state index contributed by atoms with van der Waals surface area (Å²) >= 11 is 0. The summed E-state index contributed by atoms with van der Waals surface area (Å²) in [6, 6.07) is 8.63. The van der Waals surface area contributed by atoms with E-state index in [1.807, 2.05) is 0 Å². The second kappa shape index (κ2) is 6.34. The number of hydrogen-bond acceptors (Lipinski definition) is 4. The lowest BCUT2D eigenvalue weighted by atomic mass is 9.94. The second-order valence-corrected chi connectivity index (χ2v) is 6.10. The molecule has 5 nitrogen and oxygen atoms in total. The number of nitrogens with zero attached hydrogens (tertiary/aromatic N) is 2. The number of hydrogen-bond donors (Lipinski definition) is 2. The molecule has 0 radical (unpaired) electrons. The number of alkyl halides is 3. The molecule has 1 saturated carbocycles. The monoisotopic (exact) mass is 350 g/mol. The minimum atomic E-state index is -4.35. The van der Waals surface area contributed by atoms with Crippen molar-refractivity contribution in [3.05, 3.63) is 53.2 Å². The van der Waals surface area contributed by atoms with Gasteiger partial charge < -0.3 is 10.6 Å². The SMILES string of the molecule is CNC(=O)c1ccc(NCC2(c3cccc(C(F)(F)F)c3)CC2)nn1. The van der Waals surface area contributed by atoms with Crippen molar-refractivity contribution in [2.45, 2.75) is 24.4 Å². The first-order valence-electron chi connectivity index (χ1n) is 7.81. The fourth-order valence-corrected chi connectivity index (χ4v) is 2.68. The smallest absolute Gasteiger partial charge is 0.368 e. The van der Waals surface area contributed by atoms with Crippen LogP contribution >= 0.6 is 0 Å². The van der Waals surface area contributed by atoms with Crippen LogP contribution in [0.2, 0.25) is 0 Å². The van der Waals surface area contributed by atoms with Gasteiger partial charge in [-0.15, -0.1) is 10.2 Å². The van der Waals surface area contributed by atoms with Gasteiger partial charge in [-0.25, -0.2) is 0 Å². The van der Waals surface area contributed by atoms with Gasteiger partial charge in [-0.2, -0.15) is 13.2 Å². The molecule has 1 heterocycles. The predicted octanol–water partition coefficient (Wildman–Crippen LogP) is 3.00. The van der Waals surface area contributed by atoms with E-state index in [9.17, 15) is 18.0 Å². The van der Waals surface area contributed by atoms with E-state index in [1.165, 1.54) is 25.2 Å². The Morgan fingerprint density at radius 1 is 1.20 bits per heavy atom. The number of carbonyl (C=O) groups is 1. The van der Waals surface area contributed by atoms with Gasteiger partial charge in [0.05, 0.1) is 5.56 Å². The van der Waals surface area contributed by atoms with Gasteiger partial charge in [-0.3, -0.25) is 4.79 Å². The van der Waals surface area contributed by atoms with Crippen molar-refractivity contribution in [2.75, 3.05) is 18.9 Å². The lowest BCUT2D eigenvalue weighted by Crippen LogP contribution is -2.22. The van der Waals surface area contributed by atoms with Crippen molar-refractivity contribution < 1.29 is 18.0 Å². The quantitative estimate of drug-likeness (QED) is 0.870. The number of anilines is 1. The molecule has 0 atom stereocenters. The van der Waals surface area contributed by atoms with E-state index >= 15 is 0 Å². The van der Waals surface area contributed by atoms with Crippen LogP contribution in [-0.4, -0.2) is 29.7 Å². The van der Waals surface area contributed by atoms with E-state index < -0.39 is 11.7 Å². The zero-order valence-electron chi connectivity index (χ0n) is 13.5. The Bertz CT molecular complexity index is 770. The summed E-state index contributed by atoms with van der Waals surface area (Å²) in [5.74, 6) is 0.146. The van der Waals surface area contributed by atoms with Crippen LogP contribution in [0.5, 0.6) is 0 Å². The van der Waals surface area contributed by atoms with Crippen LogP contribution in [0, 0.1) is 0 Å². The zero-order valence-corrected chi connectivity index (χ0v) is 13.5. The molecule has 8 heteroatoms. The molecule has 2 aromatic rings. The normalized spacial score (nSPS) is 15.5. The number of aromatic nitrogens is 2. The minimum Gasteiger partial charge on any atom is -0.368 e. The summed E-state index contributed by atoms with van der Waals surface area (Å²) in [4.78, 5) is 11.4. The van der Waals surface area contributed by atoms with Gasteiger partial charge in [0.15, 0.2) is 5.69 Å². The Kier molecular flexibility index (Phi) is 4.36. The van der Waals surface area contributed by atoms with Gasteiger partial charge in [-0.1, -0.05) is 18.2 Å². The van der Waals surface area contributed by atoms with E-state index in [1.54, 1.807) is 12.1 Å². The first-order chi connectivity index (χ1) is 11.8. The number of benzene rings is 1. The largest absolute Gasteiger partial charge is 0.416 e. The number of carbonyl (C=O) groups excluding carboxylic acids is 1. The number of amides is 1. The van der Waals surface area contributed by atoms with Crippen molar-refractivity contribution >= 4 is 11.7 Å². The Balaban J connectivity index is 1.70. The van der Waals surface area contributed by atoms with Crippen molar-refractivity contribution in [3.63, 3.8) is 0 Å². The Morgan fingerprint density at radius 2 is 1.96 bits per heavy atom. The lowest BCUT2D eigenvalue weighted by Gasteiger charge is -2.18. The third-order valence-corrected chi connectivity index (χ3v) is 4.39. The fourth-order valence-electron chi connectivity index (χ4n) is 2.68. The first kappa shape index (κ1) is 17.2. The molecule has 1 aromatic carbocycles. The molecule has 3 rings (SSSR count). The molecule has 1 amide bonds. The minimum absolute atomic E-state index is 0.201. The van der Waals surface area contributed by atoms with Crippen LogP contribution in [0.25, 0.3) is 0 Å². The average molecular weight is 350 g/mol. The van der Waals surface area contributed by atoms with Gasteiger partial charge in [0.2, 0.25) is 0 Å². The molecule has 1 aromatic heterocycles. The maximum absolute atomic E-state index is 12.9. The van der Waals surface area contributed by atoms with Gasteiger partial charge in [0, 0.05) is 19.0 Å². The summed E-state index contributed by atoms with van der Waals surface area (Å²) in [5, 5.41) is 13.3. The number of nitrogens with one attached hydrogen (secondary N) is 2. The molecule has 0 spiro atoms. The molecule has 0 unspecified atom stereocenters. The molecule has 2 N–H and O–H groups in total. The highest BCUT2D eigenvalue weighted by atomic mass is 19.4. The van der Waals surface area contributed by atoms with Crippen LogP contribution in [0.3, 0.4) is 0 Å². The third-order valence-electron chi connectivity index (χ3n) is 4.39. The maximum Gasteiger partial charge on any atom is 0.416 e. The first-order valence-corrected chi connectivity index (χ1v) is 7.81. The topological polar surface area (TPSA) is 66.9 Å². The molecule has 25 heavy (non-hydrogen) atoms. The Morgan fingerprint density at radius 3 is 2.52 bits per heavy atom. The third kappa shape index (κ3) is 3.72. The molecule has 1 aliphatic rings. The number of halogens is 3.